The molecule has 0 bridgehead atoms. The highest BCUT2D eigenvalue weighted by Gasteiger charge is 2.55. The van der Waals surface area contributed by atoms with Crippen molar-refractivity contribution in [3.8, 4) is 0 Å². The molecule has 3 fully saturated rings. The van der Waals surface area contributed by atoms with Gasteiger partial charge < -0.3 is 10.1 Å². The Hall–Kier alpha value is -0.700. The molecule has 0 spiro atoms. The van der Waals surface area contributed by atoms with Gasteiger partial charge in [-0.3, -0.25) is 4.79 Å². The maximum absolute atomic E-state index is 12.3. The van der Waals surface area contributed by atoms with Gasteiger partial charge in [-0.2, -0.15) is 17.4 Å². The minimum Gasteiger partial charge on any atom is -0.466 e. The Morgan fingerprint density at radius 1 is 1.29 bits per heavy atom. The zero-order chi connectivity index (χ0) is 15.0. The van der Waals surface area contributed by atoms with Crippen molar-refractivity contribution in [2.45, 2.75) is 25.8 Å². The molecule has 0 aromatic heterocycles. The lowest BCUT2D eigenvalue weighted by molar-refractivity contribution is -0.149. The Morgan fingerprint density at radius 3 is 2.48 bits per heavy atom. The number of esters is 1. The molecule has 2 saturated heterocycles. The molecule has 0 unspecified atom stereocenters. The van der Waals surface area contributed by atoms with Crippen LogP contribution in [0.25, 0.3) is 0 Å². The summed E-state index contributed by atoms with van der Waals surface area (Å²) >= 11 is 0. The first kappa shape index (κ1) is 15.2. The van der Waals surface area contributed by atoms with E-state index in [4.69, 9.17) is 4.74 Å². The van der Waals surface area contributed by atoms with Crippen LogP contribution in [0.5, 0.6) is 0 Å². The van der Waals surface area contributed by atoms with Gasteiger partial charge in [-0.25, -0.2) is 0 Å². The molecular weight excluding hydrogens is 294 g/mol. The van der Waals surface area contributed by atoms with Crippen molar-refractivity contribution in [1.29, 1.82) is 0 Å². The number of piperidine rings is 2. The molecule has 21 heavy (non-hydrogen) atoms. The summed E-state index contributed by atoms with van der Waals surface area (Å²) in [5, 5.41) is 3.25. The Bertz CT molecular complexity index is 492. The summed E-state index contributed by atoms with van der Waals surface area (Å²) in [6.07, 6.45) is 1.08. The van der Waals surface area contributed by atoms with Crippen molar-refractivity contribution in [2.24, 2.45) is 17.8 Å². The van der Waals surface area contributed by atoms with E-state index in [0.717, 1.165) is 13.1 Å². The van der Waals surface area contributed by atoms with E-state index in [1.54, 1.807) is 6.92 Å². The lowest BCUT2D eigenvalue weighted by atomic mass is 9.98. The van der Waals surface area contributed by atoms with Gasteiger partial charge in [0.2, 0.25) is 0 Å². The SMILES string of the molecule is CCOC(=O)C1CCN(S(=O)(=O)NC2[C@@H]3CNC[C@@H]23)CC1. The number of fused-ring (bicyclic) bond motifs is 1. The van der Waals surface area contributed by atoms with Crippen molar-refractivity contribution in [3.05, 3.63) is 0 Å². The third-order valence-electron chi connectivity index (χ3n) is 4.79. The first-order valence-corrected chi connectivity index (χ1v) is 9.11. The van der Waals surface area contributed by atoms with Crippen LogP contribution in [0.15, 0.2) is 0 Å². The van der Waals surface area contributed by atoms with Crippen LogP contribution in [0.3, 0.4) is 0 Å². The lowest BCUT2D eigenvalue weighted by Gasteiger charge is -2.30. The van der Waals surface area contributed by atoms with E-state index in [-0.39, 0.29) is 17.9 Å². The summed E-state index contributed by atoms with van der Waals surface area (Å²) in [4.78, 5) is 11.7. The summed E-state index contributed by atoms with van der Waals surface area (Å²) in [7, 11) is -3.42. The van der Waals surface area contributed by atoms with Gasteiger partial charge in [0.25, 0.3) is 10.2 Å². The second-order valence-corrected chi connectivity index (χ2v) is 7.76. The smallest absolute Gasteiger partial charge is 0.309 e. The average molecular weight is 317 g/mol. The number of carbonyl (C=O) groups is 1. The Balaban J connectivity index is 1.50. The molecule has 0 amide bonds. The largest absolute Gasteiger partial charge is 0.466 e. The number of carbonyl (C=O) groups excluding carboxylic acids is 1. The van der Waals surface area contributed by atoms with Gasteiger partial charge in [0.15, 0.2) is 0 Å². The number of nitrogens with one attached hydrogen (secondary N) is 2. The maximum Gasteiger partial charge on any atom is 0.309 e. The van der Waals surface area contributed by atoms with E-state index in [2.05, 4.69) is 10.0 Å². The molecule has 8 heteroatoms. The zero-order valence-electron chi connectivity index (χ0n) is 12.2. The minimum absolute atomic E-state index is 0.0963. The van der Waals surface area contributed by atoms with Crippen molar-refractivity contribution >= 4 is 16.2 Å². The van der Waals surface area contributed by atoms with Crippen LogP contribution >= 0.6 is 0 Å². The molecule has 2 heterocycles. The van der Waals surface area contributed by atoms with Crippen LogP contribution in [0.2, 0.25) is 0 Å². The van der Waals surface area contributed by atoms with Crippen LogP contribution < -0.4 is 10.0 Å². The van der Waals surface area contributed by atoms with Gasteiger partial charge in [0.1, 0.15) is 0 Å². The van der Waals surface area contributed by atoms with E-state index in [9.17, 15) is 13.2 Å². The molecule has 3 rings (SSSR count). The summed E-state index contributed by atoms with van der Waals surface area (Å²) in [6.45, 7) is 4.74. The van der Waals surface area contributed by atoms with E-state index in [1.807, 2.05) is 0 Å². The third-order valence-corrected chi connectivity index (χ3v) is 6.41. The maximum atomic E-state index is 12.3. The fourth-order valence-corrected chi connectivity index (χ4v) is 4.97. The number of hydrogen-bond donors (Lipinski definition) is 2. The first-order valence-electron chi connectivity index (χ1n) is 7.67. The first-order chi connectivity index (χ1) is 10.0. The van der Waals surface area contributed by atoms with Gasteiger partial charge in [-0.1, -0.05) is 0 Å². The van der Waals surface area contributed by atoms with Crippen molar-refractivity contribution in [1.82, 2.24) is 14.3 Å². The third kappa shape index (κ3) is 3.08. The highest BCUT2D eigenvalue weighted by Crippen LogP contribution is 2.42. The van der Waals surface area contributed by atoms with Crippen LogP contribution in [0, 0.1) is 17.8 Å². The van der Waals surface area contributed by atoms with Gasteiger partial charge in [0, 0.05) is 19.1 Å². The second kappa shape index (κ2) is 5.83. The number of hydrogen-bond acceptors (Lipinski definition) is 5. The zero-order valence-corrected chi connectivity index (χ0v) is 13.1. The molecule has 2 atom stereocenters. The second-order valence-electron chi connectivity index (χ2n) is 6.06. The number of ether oxygens (including phenoxy) is 1. The van der Waals surface area contributed by atoms with Crippen LogP contribution in [0.4, 0.5) is 0 Å². The summed E-state index contributed by atoms with van der Waals surface area (Å²) in [5.74, 6) is 0.542. The molecule has 0 aromatic rings. The molecule has 0 radical (unpaired) electrons. The van der Waals surface area contributed by atoms with Gasteiger partial charge in [-0.15, -0.1) is 0 Å². The highest BCUT2D eigenvalue weighted by atomic mass is 32.2. The van der Waals surface area contributed by atoms with Crippen LogP contribution in [-0.4, -0.2) is 57.5 Å². The molecule has 1 aliphatic carbocycles. The molecule has 120 valence electrons. The molecule has 1 saturated carbocycles. The Morgan fingerprint density at radius 2 is 1.90 bits per heavy atom. The molecule has 7 nitrogen and oxygen atoms in total. The molecular formula is C13H23N3O4S. The predicted octanol–water partition coefficient (Wildman–Crippen LogP) is -0.686. The summed E-state index contributed by atoms with van der Waals surface area (Å²) in [6, 6.07) is 0.0963. The monoisotopic (exact) mass is 317 g/mol. The van der Waals surface area contributed by atoms with Gasteiger partial charge in [0.05, 0.1) is 12.5 Å². The Kier molecular flexibility index (Phi) is 4.22. The topological polar surface area (TPSA) is 87.7 Å². The van der Waals surface area contributed by atoms with Crippen molar-refractivity contribution in [3.63, 3.8) is 0 Å². The molecule has 3 aliphatic rings. The fraction of sp³-hybridized carbons (Fsp3) is 0.923. The Labute approximate surface area is 125 Å². The quantitative estimate of drug-likeness (QED) is 0.656. The minimum atomic E-state index is -3.42. The summed E-state index contributed by atoms with van der Waals surface area (Å²) in [5.41, 5.74) is 0. The predicted molar refractivity (Wildman–Crippen MR) is 76.6 cm³/mol. The highest BCUT2D eigenvalue weighted by molar-refractivity contribution is 7.87. The van der Waals surface area contributed by atoms with E-state index in [1.165, 1.54) is 4.31 Å². The standard InChI is InChI=1S/C13H23N3O4S/c1-2-20-13(17)9-3-5-16(6-4-9)21(18,19)15-12-10-7-14-8-11(10)12/h9-12,14-15H,2-8H2,1H3/t10-,11-/m1/s1. The van der Waals surface area contributed by atoms with Gasteiger partial charge >= 0.3 is 5.97 Å². The molecule has 0 aromatic carbocycles. The number of nitrogens with zero attached hydrogens (tertiary/aromatic N) is 1. The fourth-order valence-electron chi connectivity index (χ4n) is 3.43. The normalized spacial score (nSPS) is 33.7. The van der Waals surface area contributed by atoms with Crippen LogP contribution in [-0.2, 0) is 19.7 Å². The summed E-state index contributed by atoms with van der Waals surface area (Å²) < 4.78 is 34.0. The average Bonchev–Trinajstić information content (AvgIpc) is 2.89. The molecule has 2 aliphatic heterocycles. The van der Waals surface area contributed by atoms with Crippen molar-refractivity contribution in [2.75, 3.05) is 32.8 Å². The van der Waals surface area contributed by atoms with E-state index >= 15 is 0 Å². The lowest BCUT2D eigenvalue weighted by Crippen LogP contribution is -2.47. The molecule has 2 N–H and O–H groups in total. The van der Waals surface area contributed by atoms with Crippen molar-refractivity contribution < 1.29 is 17.9 Å². The number of rotatable bonds is 5. The van der Waals surface area contributed by atoms with Crippen LogP contribution in [0.1, 0.15) is 19.8 Å². The van der Waals surface area contributed by atoms with Gasteiger partial charge in [-0.05, 0) is 44.7 Å². The van der Waals surface area contributed by atoms with E-state index < -0.39 is 10.2 Å². The van der Waals surface area contributed by atoms with E-state index in [0.29, 0.717) is 44.4 Å².